The van der Waals surface area contributed by atoms with Crippen LogP contribution < -0.4 is 14.8 Å². The molecule has 1 amide bonds. The predicted molar refractivity (Wildman–Crippen MR) is 83.9 cm³/mol. The molecule has 0 heterocycles. The third-order valence-electron chi connectivity index (χ3n) is 3.22. The summed E-state index contributed by atoms with van der Waals surface area (Å²) in [4.78, 5) is 11.7. The van der Waals surface area contributed by atoms with E-state index in [1.54, 1.807) is 14.2 Å². The zero-order valence-electron chi connectivity index (χ0n) is 12.5. The van der Waals surface area contributed by atoms with E-state index in [2.05, 4.69) is 5.32 Å². The van der Waals surface area contributed by atoms with Crippen LogP contribution in [0.3, 0.4) is 0 Å². The molecule has 0 fully saturated rings. The first-order chi connectivity index (χ1) is 10.2. The molecule has 0 aliphatic carbocycles. The van der Waals surface area contributed by atoms with Gasteiger partial charge in [-0.15, -0.1) is 0 Å². The third kappa shape index (κ3) is 3.34. The van der Waals surface area contributed by atoms with Gasteiger partial charge < -0.3 is 14.8 Å². The molecule has 0 unspecified atom stereocenters. The molecule has 0 spiro atoms. The van der Waals surface area contributed by atoms with Crippen molar-refractivity contribution in [2.75, 3.05) is 19.5 Å². The minimum atomic E-state index is -0.0238. The van der Waals surface area contributed by atoms with Crippen LogP contribution in [0.15, 0.2) is 42.5 Å². The van der Waals surface area contributed by atoms with Crippen molar-refractivity contribution in [2.24, 2.45) is 0 Å². The van der Waals surface area contributed by atoms with Crippen molar-refractivity contribution in [3.05, 3.63) is 42.5 Å². The number of hydrogen-bond acceptors (Lipinski definition) is 3. The maximum atomic E-state index is 11.7. The summed E-state index contributed by atoms with van der Waals surface area (Å²) >= 11 is 0. The van der Waals surface area contributed by atoms with E-state index in [9.17, 15) is 4.79 Å². The van der Waals surface area contributed by atoms with Crippen LogP contribution >= 0.6 is 0 Å². The van der Waals surface area contributed by atoms with Crippen molar-refractivity contribution in [1.82, 2.24) is 0 Å². The van der Waals surface area contributed by atoms with Crippen LogP contribution in [0.5, 0.6) is 11.5 Å². The smallest absolute Gasteiger partial charge is 0.224 e. The van der Waals surface area contributed by atoms with Gasteiger partial charge in [0.25, 0.3) is 0 Å². The number of methoxy groups -OCH3 is 2. The monoisotopic (exact) mass is 285 g/mol. The average molecular weight is 285 g/mol. The van der Waals surface area contributed by atoms with E-state index in [1.807, 2.05) is 49.4 Å². The summed E-state index contributed by atoms with van der Waals surface area (Å²) in [6, 6.07) is 13.2. The molecule has 4 heteroatoms. The van der Waals surface area contributed by atoms with Crippen LogP contribution in [0, 0.1) is 0 Å². The number of benzene rings is 2. The summed E-state index contributed by atoms with van der Waals surface area (Å²) in [6.45, 7) is 1.82. The number of amides is 1. The molecule has 110 valence electrons. The fraction of sp³-hybridized carbons (Fsp3) is 0.235. The van der Waals surface area contributed by atoms with Crippen LogP contribution in [0.4, 0.5) is 5.69 Å². The van der Waals surface area contributed by atoms with Gasteiger partial charge in [-0.25, -0.2) is 0 Å². The molecule has 0 aliphatic rings. The van der Waals surface area contributed by atoms with Gasteiger partial charge in [0.2, 0.25) is 5.91 Å². The number of anilines is 1. The van der Waals surface area contributed by atoms with Gasteiger partial charge in [0, 0.05) is 23.2 Å². The Morgan fingerprint density at radius 3 is 2.48 bits per heavy atom. The van der Waals surface area contributed by atoms with E-state index in [0.29, 0.717) is 6.42 Å². The molecule has 0 saturated carbocycles. The zero-order chi connectivity index (χ0) is 15.2. The Bertz CT molecular complexity index is 638. The largest absolute Gasteiger partial charge is 0.497 e. The fourth-order valence-corrected chi connectivity index (χ4v) is 2.09. The number of hydrogen-bond donors (Lipinski definition) is 1. The summed E-state index contributed by atoms with van der Waals surface area (Å²) < 4.78 is 10.7. The summed E-state index contributed by atoms with van der Waals surface area (Å²) in [5.41, 5.74) is 2.54. The van der Waals surface area contributed by atoms with Crippen molar-refractivity contribution in [2.45, 2.75) is 13.3 Å². The van der Waals surface area contributed by atoms with Crippen molar-refractivity contribution in [1.29, 1.82) is 0 Å². The molecule has 0 atom stereocenters. The van der Waals surface area contributed by atoms with Crippen molar-refractivity contribution >= 4 is 11.6 Å². The van der Waals surface area contributed by atoms with Gasteiger partial charge in [-0.2, -0.15) is 0 Å². The second-order valence-electron chi connectivity index (χ2n) is 4.51. The number of ether oxygens (including phenoxy) is 2. The molecule has 1 N–H and O–H groups in total. The Balaban J connectivity index is 2.53. The van der Waals surface area contributed by atoms with E-state index >= 15 is 0 Å². The molecule has 0 aromatic heterocycles. The standard InChI is InChI=1S/C17H19NO3/c1-4-17(19)18-15-8-6-5-7-13(15)14-11-12(20-2)9-10-16(14)21-3/h5-11H,4H2,1-3H3,(H,18,19). The number of para-hydroxylation sites is 1. The van der Waals surface area contributed by atoms with Crippen LogP contribution in [-0.2, 0) is 4.79 Å². The lowest BCUT2D eigenvalue weighted by molar-refractivity contribution is -0.115. The Hall–Kier alpha value is -2.49. The molecule has 0 saturated heterocycles. The molecular formula is C17H19NO3. The lowest BCUT2D eigenvalue weighted by Gasteiger charge is -2.14. The number of rotatable bonds is 5. The van der Waals surface area contributed by atoms with E-state index in [0.717, 1.165) is 28.3 Å². The SMILES string of the molecule is CCC(=O)Nc1ccccc1-c1cc(OC)ccc1OC. The molecule has 21 heavy (non-hydrogen) atoms. The molecular weight excluding hydrogens is 266 g/mol. The lowest BCUT2D eigenvalue weighted by Crippen LogP contribution is -2.10. The Labute approximate surface area is 124 Å². The second kappa shape index (κ2) is 6.79. The van der Waals surface area contributed by atoms with Gasteiger partial charge in [0.1, 0.15) is 11.5 Å². The van der Waals surface area contributed by atoms with Gasteiger partial charge in [-0.05, 0) is 24.3 Å². The maximum Gasteiger partial charge on any atom is 0.224 e. The summed E-state index contributed by atoms with van der Waals surface area (Å²) in [5.74, 6) is 1.45. The maximum absolute atomic E-state index is 11.7. The average Bonchev–Trinajstić information content (AvgIpc) is 2.54. The van der Waals surface area contributed by atoms with Crippen molar-refractivity contribution in [3.63, 3.8) is 0 Å². The summed E-state index contributed by atoms with van der Waals surface area (Å²) in [5, 5.41) is 2.91. The van der Waals surface area contributed by atoms with Crippen molar-refractivity contribution in [3.8, 4) is 22.6 Å². The van der Waals surface area contributed by atoms with Gasteiger partial charge in [0.15, 0.2) is 0 Å². The van der Waals surface area contributed by atoms with Gasteiger partial charge in [0.05, 0.1) is 14.2 Å². The lowest BCUT2D eigenvalue weighted by atomic mass is 10.0. The molecule has 0 radical (unpaired) electrons. The minimum absolute atomic E-state index is 0.0238. The molecule has 4 nitrogen and oxygen atoms in total. The Morgan fingerprint density at radius 2 is 1.81 bits per heavy atom. The summed E-state index contributed by atoms with van der Waals surface area (Å²) in [6.07, 6.45) is 0.434. The number of carbonyl (C=O) groups excluding carboxylic acids is 1. The Morgan fingerprint density at radius 1 is 1.05 bits per heavy atom. The van der Waals surface area contributed by atoms with Gasteiger partial charge in [-0.3, -0.25) is 4.79 Å². The van der Waals surface area contributed by atoms with Crippen molar-refractivity contribution < 1.29 is 14.3 Å². The quantitative estimate of drug-likeness (QED) is 0.910. The number of carbonyl (C=O) groups is 1. The first-order valence-corrected chi connectivity index (χ1v) is 6.80. The van der Waals surface area contributed by atoms with E-state index in [4.69, 9.17) is 9.47 Å². The van der Waals surface area contributed by atoms with Crippen LogP contribution in [0.1, 0.15) is 13.3 Å². The molecule has 2 aromatic rings. The Kier molecular flexibility index (Phi) is 4.82. The normalized spacial score (nSPS) is 10.0. The third-order valence-corrected chi connectivity index (χ3v) is 3.22. The topological polar surface area (TPSA) is 47.6 Å². The van der Waals surface area contributed by atoms with Crippen LogP contribution in [0.2, 0.25) is 0 Å². The van der Waals surface area contributed by atoms with Crippen LogP contribution in [0.25, 0.3) is 11.1 Å². The molecule has 2 rings (SSSR count). The van der Waals surface area contributed by atoms with Gasteiger partial charge >= 0.3 is 0 Å². The van der Waals surface area contributed by atoms with E-state index in [1.165, 1.54) is 0 Å². The fourth-order valence-electron chi connectivity index (χ4n) is 2.09. The first-order valence-electron chi connectivity index (χ1n) is 6.80. The highest BCUT2D eigenvalue weighted by Gasteiger charge is 2.12. The summed E-state index contributed by atoms with van der Waals surface area (Å²) in [7, 11) is 3.24. The first kappa shape index (κ1) is 14.9. The second-order valence-corrected chi connectivity index (χ2v) is 4.51. The van der Waals surface area contributed by atoms with E-state index in [-0.39, 0.29) is 5.91 Å². The van der Waals surface area contributed by atoms with Crippen LogP contribution in [-0.4, -0.2) is 20.1 Å². The zero-order valence-corrected chi connectivity index (χ0v) is 12.5. The predicted octanol–water partition coefficient (Wildman–Crippen LogP) is 3.72. The number of nitrogens with one attached hydrogen (secondary N) is 1. The molecule has 2 aromatic carbocycles. The highest BCUT2D eigenvalue weighted by Crippen LogP contribution is 2.37. The van der Waals surface area contributed by atoms with Gasteiger partial charge in [-0.1, -0.05) is 25.1 Å². The minimum Gasteiger partial charge on any atom is -0.497 e. The highest BCUT2D eigenvalue weighted by atomic mass is 16.5. The molecule has 0 bridgehead atoms. The molecule has 0 aliphatic heterocycles. The highest BCUT2D eigenvalue weighted by molar-refractivity contribution is 5.96. The van der Waals surface area contributed by atoms with E-state index < -0.39 is 0 Å².